The Bertz CT molecular complexity index is 1230. The zero-order valence-electron chi connectivity index (χ0n) is 17.4. The molecule has 10 nitrogen and oxygen atoms in total. The van der Waals surface area contributed by atoms with Crippen molar-refractivity contribution < 1.29 is 36.4 Å². The number of anilines is 1. The van der Waals surface area contributed by atoms with Crippen LogP contribution in [0.5, 0.6) is 0 Å². The topological polar surface area (TPSA) is 142 Å². The predicted molar refractivity (Wildman–Crippen MR) is 115 cm³/mol. The minimum atomic E-state index is -4.62. The van der Waals surface area contributed by atoms with Crippen LogP contribution < -0.4 is 5.43 Å². The van der Waals surface area contributed by atoms with E-state index in [1.807, 2.05) is 0 Å². The molecule has 0 aliphatic carbocycles. The molecule has 1 heterocycles. The van der Waals surface area contributed by atoms with Crippen LogP contribution in [-0.4, -0.2) is 48.0 Å². The van der Waals surface area contributed by atoms with Crippen LogP contribution in [0.15, 0.2) is 52.5 Å². The van der Waals surface area contributed by atoms with Gasteiger partial charge >= 0.3 is 12.1 Å². The SMILES string of the molecule is O=C(O)C1CCN(S(=O)(=O)c2ccc(N/N=C/c3ccccc3C(F)(F)F)c([N+](=O)[O-])c2)CC1. The number of carboxylic acid groups (broad SMARTS) is 1. The maximum atomic E-state index is 13.1. The third kappa shape index (κ3) is 5.51. The Morgan fingerprint density at radius 2 is 1.85 bits per heavy atom. The first-order chi connectivity index (χ1) is 15.9. The molecule has 14 heteroatoms. The van der Waals surface area contributed by atoms with Crippen LogP contribution >= 0.6 is 0 Å². The molecule has 0 amide bonds. The zero-order valence-corrected chi connectivity index (χ0v) is 18.2. The third-order valence-corrected chi connectivity index (χ3v) is 7.16. The van der Waals surface area contributed by atoms with Crippen molar-refractivity contribution in [3.63, 3.8) is 0 Å². The minimum Gasteiger partial charge on any atom is -0.481 e. The number of carbonyl (C=O) groups is 1. The summed E-state index contributed by atoms with van der Waals surface area (Å²) in [6.07, 6.45) is -3.54. The van der Waals surface area contributed by atoms with E-state index in [0.717, 1.165) is 34.8 Å². The second-order valence-electron chi connectivity index (χ2n) is 7.41. The fourth-order valence-electron chi connectivity index (χ4n) is 3.45. The van der Waals surface area contributed by atoms with Crippen LogP contribution in [0.4, 0.5) is 24.5 Å². The second kappa shape index (κ2) is 9.77. The first kappa shape index (κ1) is 25.1. The fraction of sp³-hybridized carbons (Fsp3) is 0.300. The van der Waals surface area contributed by atoms with E-state index < -0.39 is 44.3 Å². The monoisotopic (exact) mass is 500 g/mol. The molecule has 3 rings (SSSR count). The number of carboxylic acids is 1. The number of piperidine rings is 1. The summed E-state index contributed by atoms with van der Waals surface area (Å²) in [6.45, 7) is -0.0913. The molecule has 0 spiro atoms. The molecule has 0 unspecified atom stereocenters. The molecule has 182 valence electrons. The highest BCUT2D eigenvalue weighted by Gasteiger charge is 2.34. The van der Waals surface area contributed by atoms with Gasteiger partial charge in [0.15, 0.2) is 0 Å². The molecule has 0 atom stereocenters. The molecular formula is C20H19F3N4O6S. The van der Waals surface area contributed by atoms with Crippen molar-refractivity contribution in [1.82, 2.24) is 4.31 Å². The van der Waals surface area contributed by atoms with Crippen LogP contribution in [0.2, 0.25) is 0 Å². The maximum Gasteiger partial charge on any atom is 0.417 e. The smallest absolute Gasteiger partial charge is 0.417 e. The van der Waals surface area contributed by atoms with Crippen LogP contribution in [-0.2, 0) is 21.0 Å². The molecule has 0 bridgehead atoms. The molecule has 34 heavy (non-hydrogen) atoms. The highest BCUT2D eigenvalue weighted by molar-refractivity contribution is 7.89. The van der Waals surface area contributed by atoms with Crippen molar-refractivity contribution in [3.8, 4) is 0 Å². The number of benzene rings is 2. The van der Waals surface area contributed by atoms with Gasteiger partial charge in [-0.15, -0.1) is 0 Å². The van der Waals surface area contributed by atoms with Gasteiger partial charge in [-0.2, -0.15) is 22.6 Å². The number of nitrogens with one attached hydrogen (secondary N) is 1. The number of hydrazone groups is 1. The average Bonchev–Trinajstić information content (AvgIpc) is 2.78. The summed E-state index contributed by atoms with van der Waals surface area (Å²) in [6, 6.07) is 7.63. The molecule has 1 fully saturated rings. The third-order valence-electron chi connectivity index (χ3n) is 5.26. The van der Waals surface area contributed by atoms with Crippen LogP contribution in [0, 0.1) is 16.0 Å². The van der Waals surface area contributed by atoms with Gasteiger partial charge in [-0.05, 0) is 31.0 Å². The number of rotatable bonds is 7. The lowest BCUT2D eigenvalue weighted by Crippen LogP contribution is -2.40. The number of hydrogen-bond donors (Lipinski definition) is 2. The lowest BCUT2D eigenvalue weighted by Gasteiger charge is -2.29. The van der Waals surface area contributed by atoms with Crippen LogP contribution in [0.1, 0.15) is 24.0 Å². The maximum absolute atomic E-state index is 13.1. The van der Waals surface area contributed by atoms with E-state index in [1.165, 1.54) is 18.2 Å². The van der Waals surface area contributed by atoms with Gasteiger partial charge in [0, 0.05) is 24.7 Å². The number of sulfonamides is 1. The summed E-state index contributed by atoms with van der Waals surface area (Å²) in [7, 11) is -4.12. The van der Waals surface area contributed by atoms with Gasteiger partial charge in [0.05, 0.1) is 27.5 Å². The summed E-state index contributed by atoms with van der Waals surface area (Å²) >= 11 is 0. The molecule has 0 radical (unpaired) electrons. The van der Waals surface area contributed by atoms with Gasteiger partial charge < -0.3 is 5.11 Å². The van der Waals surface area contributed by atoms with E-state index in [1.54, 1.807) is 0 Å². The van der Waals surface area contributed by atoms with Gasteiger partial charge in [-0.25, -0.2) is 8.42 Å². The number of nitrogens with zero attached hydrogens (tertiary/aromatic N) is 3. The highest BCUT2D eigenvalue weighted by atomic mass is 32.2. The Labute approximate surface area is 191 Å². The van der Waals surface area contributed by atoms with Crippen molar-refractivity contribution in [2.24, 2.45) is 11.0 Å². The average molecular weight is 500 g/mol. The zero-order chi connectivity index (χ0) is 25.1. The number of nitro benzene ring substituents is 1. The molecule has 0 aromatic heterocycles. The molecule has 2 aromatic rings. The first-order valence-electron chi connectivity index (χ1n) is 9.88. The van der Waals surface area contributed by atoms with E-state index in [0.29, 0.717) is 0 Å². The molecule has 1 saturated heterocycles. The van der Waals surface area contributed by atoms with Crippen molar-refractivity contribution in [1.29, 1.82) is 0 Å². The van der Waals surface area contributed by atoms with Gasteiger partial charge in [0.25, 0.3) is 5.69 Å². The van der Waals surface area contributed by atoms with Crippen molar-refractivity contribution in [2.75, 3.05) is 18.5 Å². The number of alkyl halides is 3. The second-order valence-corrected chi connectivity index (χ2v) is 9.35. The van der Waals surface area contributed by atoms with Gasteiger partial charge in [-0.3, -0.25) is 20.3 Å². The number of hydrogen-bond acceptors (Lipinski definition) is 7. The summed E-state index contributed by atoms with van der Waals surface area (Å²) in [5, 5.41) is 24.2. The lowest BCUT2D eigenvalue weighted by atomic mass is 9.99. The van der Waals surface area contributed by atoms with E-state index in [4.69, 9.17) is 5.11 Å². The lowest BCUT2D eigenvalue weighted by molar-refractivity contribution is -0.384. The summed E-state index contributed by atoms with van der Waals surface area (Å²) in [5.74, 6) is -1.67. The minimum absolute atomic E-state index is 0.0456. The predicted octanol–water partition coefficient (Wildman–Crippen LogP) is 3.54. The normalized spacial score (nSPS) is 16.0. The van der Waals surface area contributed by atoms with Crippen molar-refractivity contribution >= 4 is 33.6 Å². The van der Waals surface area contributed by atoms with E-state index in [2.05, 4.69) is 10.5 Å². The largest absolute Gasteiger partial charge is 0.481 e. The molecule has 2 N–H and O–H groups in total. The quantitative estimate of drug-likeness (QED) is 0.336. The van der Waals surface area contributed by atoms with Gasteiger partial charge in [-0.1, -0.05) is 18.2 Å². The Hall–Kier alpha value is -3.52. The van der Waals surface area contributed by atoms with Crippen molar-refractivity contribution in [2.45, 2.75) is 23.9 Å². The van der Waals surface area contributed by atoms with Gasteiger partial charge in [0.2, 0.25) is 10.0 Å². The first-order valence-corrected chi connectivity index (χ1v) is 11.3. The fourth-order valence-corrected chi connectivity index (χ4v) is 4.94. The van der Waals surface area contributed by atoms with Gasteiger partial charge in [0.1, 0.15) is 5.69 Å². The summed E-state index contributed by atoms with van der Waals surface area (Å²) in [4.78, 5) is 21.3. The van der Waals surface area contributed by atoms with E-state index in [9.17, 15) is 36.5 Å². The highest BCUT2D eigenvalue weighted by Crippen LogP contribution is 2.32. The standard InChI is InChI=1S/C20H19F3N4O6S/c21-20(22,23)16-4-2-1-3-14(16)12-24-25-17-6-5-15(11-18(17)27(30)31)34(32,33)26-9-7-13(8-10-26)19(28)29/h1-6,11-13,25H,7-10H2,(H,28,29)/b24-12+. The molecular weight excluding hydrogens is 481 g/mol. The van der Waals surface area contributed by atoms with Crippen molar-refractivity contribution in [3.05, 3.63) is 63.7 Å². The summed E-state index contributed by atoms with van der Waals surface area (Å²) in [5.41, 5.74) is 0.196. The molecule has 2 aromatic carbocycles. The Balaban J connectivity index is 1.82. The van der Waals surface area contributed by atoms with E-state index in [-0.39, 0.29) is 42.1 Å². The Morgan fingerprint density at radius 1 is 1.21 bits per heavy atom. The van der Waals surface area contributed by atoms with Crippen LogP contribution in [0.25, 0.3) is 0 Å². The molecule has 0 saturated carbocycles. The summed E-state index contributed by atoms with van der Waals surface area (Å²) < 4.78 is 66.1. The molecule has 1 aliphatic rings. The number of halogens is 3. The Morgan fingerprint density at radius 3 is 2.44 bits per heavy atom. The number of aliphatic carboxylic acids is 1. The van der Waals surface area contributed by atoms with E-state index >= 15 is 0 Å². The van der Waals surface area contributed by atoms with Crippen LogP contribution in [0.3, 0.4) is 0 Å². The Kier molecular flexibility index (Phi) is 7.21. The molecule has 1 aliphatic heterocycles. The number of nitro groups is 1.